The Balaban J connectivity index is 2.05. The zero-order chi connectivity index (χ0) is 12.3. The van der Waals surface area contributed by atoms with Crippen LogP contribution < -0.4 is 5.32 Å². The van der Waals surface area contributed by atoms with Gasteiger partial charge in [0.1, 0.15) is 11.0 Å². The van der Waals surface area contributed by atoms with Crippen molar-refractivity contribution >= 4 is 49.3 Å². The maximum absolute atomic E-state index is 5.81. The molecule has 2 nitrogen and oxygen atoms in total. The summed E-state index contributed by atoms with van der Waals surface area (Å²) in [6.07, 6.45) is 0. The highest BCUT2D eigenvalue weighted by molar-refractivity contribution is 9.13. The Hall–Kier alpha value is -0.580. The third kappa shape index (κ3) is 3.69. The first-order chi connectivity index (χ1) is 8.15. The molecule has 2 rings (SSSR count). The second-order valence-corrected chi connectivity index (χ2v) is 5.54. The molecule has 5 heteroatoms. The molecule has 17 heavy (non-hydrogen) atoms. The Kier molecular flexibility index (Phi) is 4.42. The van der Waals surface area contributed by atoms with Crippen molar-refractivity contribution in [1.82, 2.24) is 4.98 Å². The van der Waals surface area contributed by atoms with Crippen LogP contribution in [0.15, 0.2) is 45.3 Å². The van der Waals surface area contributed by atoms with E-state index in [9.17, 15) is 0 Å². The van der Waals surface area contributed by atoms with E-state index in [0.717, 1.165) is 14.8 Å². The third-order valence-electron chi connectivity index (χ3n) is 2.17. The summed E-state index contributed by atoms with van der Waals surface area (Å²) in [6, 6.07) is 11.6. The minimum atomic E-state index is 0.493. The number of rotatable bonds is 3. The Morgan fingerprint density at radius 2 is 1.94 bits per heavy atom. The van der Waals surface area contributed by atoms with E-state index in [-0.39, 0.29) is 0 Å². The highest BCUT2D eigenvalue weighted by Crippen LogP contribution is 2.24. The quantitative estimate of drug-likeness (QED) is 0.773. The molecule has 88 valence electrons. The van der Waals surface area contributed by atoms with Gasteiger partial charge in [-0.25, -0.2) is 4.98 Å². The van der Waals surface area contributed by atoms with Crippen LogP contribution >= 0.6 is 43.5 Å². The molecule has 0 saturated heterocycles. The van der Waals surface area contributed by atoms with Crippen LogP contribution in [-0.4, -0.2) is 4.98 Å². The molecule has 0 spiro atoms. The molecule has 0 bridgehead atoms. The van der Waals surface area contributed by atoms with Gasteiger partial charge in [0, 0.05) is 15.5 Å². The maximum Gasteiger partial charge on any atom is 0.131 e. The molecule has 0 aliphatic carbocycles. The average molecular weight is 376 g/mol. The molecule has 0 aliphatic heterocycles. The summed E-state index contributed by atoms with van der Waals surface area (Å²) < 4.78 is 2.08. The number of hydrogen-bond donors (Lipinski definition) is 1. The van der Waals surface area contributed by atoms with Crippen LogP contribution in [0.25, 0.3) is 0 Å². The Bertz CT molecular complexity index is 532. The van der Waals surface area contributed by atoms with Gasteiger partial charge < -0.3 is 5.32 Å². The summed E-state index contributed by atoms with van der Waals surface area (Å²) in [7, 11) is 0. The van der Waals surface area contributed by atoms with Crippen LogP contribution in [0.2, 0.25) is 5.15 Å². The monoisotopic (exact) mass is 374 g/mol. The molecule has 1 heterocycles. The lowest BCUT2D eigenvalue weighted by atomic mass is 10.2. The SMILES string of the molecule is Clc1cccc(NCc2ccc(Br)c(Br)c2)n1. The number of pyridine rings is 1. The van der Waals surface area contributed by atoms with Crippen molar-refractivity contribution in [3.8, 4) is 0 Å². The van der Waals surface area contributed by atoms with Crippen molar-refractivity contribution in [3.05, 3.63) is 56.1 Å². The van der Waals surface area contributed by atoms with E-state index >= 15 is 0 Å². The lowest BCUT2D eigenvalue weighted by Gasteiger charge is -2.07. The van der Waals surface area contributed by atoms with Crippen molar-refractivity contribution in [2.24, 2.45) is 0 Å². The predicted molar refractivity (Wildman–Crippen MR) is 78.4 cm³/mol. The van der Waals surface area contributed by atoms with E-state index in [0.29, 0.717) is 11.7 Å². The van der Waals surface area contributed by atoms with Crippen LogP contribution in [0.5, 0.6) is 0 Å². The number of halogens is 3. The molecule has 0 saturated carbocycles. The number of aromatic nitrogens is 1. The molecule has 0 radical (unpaired) electrons. The fraction of sp³-hybridized carbons (Fsp3) is 0.0833. The van der Waals surface area contributed by atoms with E-state index in [2.05, 4.69) is 48.2 Å². The van der Waals surface area contributed by atoms with Crippen LogP contribution in [-0.2, 0) is 6.54 Å². The third-order valence-corrected chi connectivity index (χ3v) is 4.26. The molecular weight excluding hydrogens is 367 g/mol. The normalized spacial score (nSPS) is 10.3. The standard InChI is InChI=1S/C12H9Br2ClN2/c13-9-5-4-8(6-10(9)14)7-16-12-3-1-2-11(15)17-12/h1-6H,7H2,(H,16,17). The molecule has 0 atom stereocenters. The predicted octanol–water partition coefficient (Wildman–Crippen LogP) is 4.87. The molecule has 0 unspecified atom stereocenters. The topological polar surface area (TPSA) is 24.9 Å². The first-order valence-corrected chi connectivity index (χ1v) is 6.92. The minimum Gasteiger partial charge on any atom is -0.366 e. The Morgan fingerprint density at radius 3 is 2.65 bits per heavy atom. The number of nitrogens with zero attached hydrogens (tertiary/aromatic N) is 1. The second kappa shape index (κ2) is 5.85. The van der Waals surface area contributed by atoms with Crippen molar-refractivity contribution in [1.29, 1.82) is 0 Å². The van der Waals surface area contributed by atoms with E-state index in [4.69, 9.17) is 11.6 Å². The highest BCUT2D eigenvalue weighted by Gasteiger charge is 2.00. The van der Waals surface area contributed by atoms with Crippen LogP contribution in [0, 0.1) is 0 Å². The summed E-state index contributed by atoms with van der Waals surface area (Å²) in [6.45, 7) is 0.708. The average Bonchev–Trinajstić information content (AvgIpc) is 2.31. The fourth-order valence-electron chi connectivity index (χ4n) is 1.35. The lowest BCUT2D eigenvalue weighted by Crippen LogP contribution is -2.01. The fourth-order valence-corrected chi connectivity index (χ4v) is 2.19. The van der Waals surface area contributed by atoms with Gasteiger partial charge in [0.2, 0.25) is 0 Å². The minimum absolute atomic E-state index is 0.493. The molecule has 2 aromatic rings. The van der Waals surface area contributed by atoms with Crippen LogP contribution in [0.4, 0.5) is 5.82 Å². The summed E-state index contributed by atoms with van der Waals surface area (Å²) in [4.78, 5) is 4.16. The van der Waals surface area contributed by atoms with Gasteiger partial charge in [-0.3, -0.25) is 0 Å². The molecule has 0 amide bonds. The van der Waals surface area contributed by atoms with Gasteiger partial charge >= 0.3 is 0 Å². The highest BCUT2D eigenvalue weighted by atomic mass is 79.9. The van der Waals surface area contributed by atoms with Gasteiger partial charge in [0.15, 0.2) is 0 Å². The number of nitrogens with one attached hydrogen (secondary N) is 1. The van der Waals surface area contributed by atoms with Crippen LogP contribution in [0.3, 0.4) is 0 Å². The smallest absolute Gasteiger partial charge is 0.131 e. The van der Waals surface area contributed by atoms with E-state index in [1.54, 1.807) is 6.07 Å². The molecule has 1 aromatic heterocycles. The molecule has 0 aliphatic rings. The van der Waals surface area contributed by atoms with E-state index in [1.165, 1.54) is 5.56 Å². The first-order valence-electron chi connectivity index (χ1n) is 4.95. The largest absolute Gasteiger partial charge is 0.366 e. The zero-order valence-electron chi connectivity index (χ0n) is 8.75. The second-order valence-electron chi connectivity index (χ2n) is 3.45. The summed E-state index contributed by atoms with van der Waals surface area (Å²) in [5, 5.41) is 3.71. The van der Waals surface area contributed by atoms with Crippen molar-refractivity contribution in [2.75, 3.05) is 5.32 Å². The van der Waals surface area contributed by atoms with Gasteiger partial charge in [0.05, 0.1) is 0 Å². The number of hydrogen-bond acceptors (Lipinski definition) is 2. The van der Waals surface area contributed by atoms with Gasteiger partial charge in [-0.1, -0.05) is 23.7 Å². The lowest BCUT2D eigenvalue weighted by molar-refractivity contribution is 1.11. The zero-order valence-corrected chi connectivity index (χ0v) is 12.7. The van der Waals surface area contributed by atoms with E-state index in [1.807, 2.05) is 24.3 Å². The first kappa shape index (κ1) is 12.9. The van der Waals surface area contributed by atoms with Crippen molar-refractivity contribution < 1.29 is 0 Å². The van der Waals surface area contributed by atoms with E-state index < -0.39 is 0 Å². The molecular formula is C12H9Br2ClN2. The number of anilines is 1. The summed E-state index contributed by atoms with van der Waals surface area (Å²) >= 11 is 12.7. The van der Waals surface area contributed by atoms with Gasteiger partial charge in [0.25, 0.3) is 0 Å². The van der Waals surface area contributed by atoms with Gasteiger partial charge in [-0.15, -0.1) is 0 Å². The van der Waals surface area contributed by atoms with Gasteiger partial charge in [-0.2, -0.15) is 0 Å². The molecule has 1 aromatic carbocycles. The van der Waals surface area contributed by atoms with Crippen LogP contribution in [0.1, 0.15) is 5.56 Å². The summed E-state index contributed by atoms with van der Waals surface area (Å²) in [5.74, 6) is 0.775. The molecule has 1 N–H and O–H groups in total. The van der Waals surface area contributed by atoms with Crippen molar-refractivity contribution in [2.45, 2.75) is 6.54 Å². The maximum atomic E-state index is 5.81. The number of benzene rings is 1. The molecule has 0 fully saturated rings. The summed E-state index contributed by atoms with van der Waals surface area (Å²) in [5.41, 5.74) is 1.17. The van der Waals surface area contributed by atoms with Gasteiger partial charge in [-0.05, 0) is 61.7 Å². The van der Waals surface area contributed by atoms with Crippen molar-refractivity contribution in [3.63, 3.8) is 0 Å². The Labute approximate surface area is 122 Å². The Morgan fingerprint density at radius 1 is 1.12 bits per heavy atom.